The third kappa shape index (κ3) is 4.00. The Kier molecular flexibility index (Phi) is 5.83. The van der Waals surface area contributed by atoms with Gasteiger partial charge in [-0.05, 0) is 62.2 Å². The predicted molar refractivity (Wildman–Crippen MR) is 118 cm³/mol. The zero-order valence-electron chi connectivity index (χ0n) is 17.3. The highest BCUT2D eigenvalue weighted by atomic mass is 32.1. The van der Waals surface area contributed by atoms with Gasteiger partial charge in [0.1, 0.15) is 5.75 Å². The highest BCUT2D eigenvalue weighted by Gasteiger charge is 2.27. The first-order valence-corrected chi connectivity index (χ1v) is 10.7. The van der Waals surface area contributed by atoms with Gasteiger partial charge in [0.2, 0.25) is 0 Å². The number of aromatic nitrogens is 3. The lowest BCUT2D eigenvalue weighted by Gasteiger charge is -2.24. The molecule has 2 aromatic carbocycles. The van der Waals surface area contributed by atoms with Crippen LogP contribution in [0.15, 0.2) is 48.5 Å². The van der Waals surface area contributed by atoms with E-state index in [2.05, 4.69) is 54.3 Å². The summed E-state index contributed by atoms with van der Waals surface area (Å²) in [5, 5.41) is 4.88. The zero-order chi connectivity index (χ0) is 20.4. The molecule has 1 aromatic heterocycles. The monoisotopic (exact) mass is 408 g/mol. The fourth-order valence-electron chi connectivity index (χ4n) is 4.14. The quantitative estimate of drug-likeness (QED) is 0.530. The van der Waals surface area contributed by atoms with Gasteiger partial charge in [0, 0.05) is 25.2 Å². The van der Waals surface area contributed by atoms with Crippen LogP contribution >= 0.6 is 12.2 Å². The zero-order valence-corrected chi connectivity index (χ0v) is 18.2. The molecule has 4 rings (SSSR count). The summed E-state index contributed by atoms with van der Waals surface area (Å²) in [6.07, 6.45) is 2.33. The van der Waals surface area contributed by atoms with Crippen LogP contribution < -0.4 is 4.74 Å². The second kappa shape index (κ2) is 8.51. The largest absolute Gasteiger partial charge is 0.494 e. The van der Waals surface area contributed by atoms with E-state index in [1.54, 1.807) is 0 Å². The smallest absolute Gasteiger partial charge is 0.199 e. The molecule has 5 nitrogen and oxygen atoms in total. The molecule has 1 aliphatic rings. The minimum absolute atomic E-state index is 0.386. The number of benzene rings is 2. The molecule has 0 radical (unpaired) electrons. The number of hydrogen-bond donors (Lipinski definition) is 0. The Labute approximate surface area is 177 Å². The van der Waals surface area contributed by atoms with Crippen LogP contribution in [-0.4, -0.2) is 32.4 Å². The summed E-state index contributed by atoms with van der Waals surface area (Å²) in [7, 11) is 2.00. The van der Waals surface area contributed by atoms with Crippen molar-refractivity contribution in [2.24, 2.45) is 7.05 Å². The van der Waals surface area contributed by atoms with Crippen molar-refractivity contribution in [1.82, 2.24) is 19.2 Å². The van der Waals surface area contributed by atoms with E-state index in [4.69, 9.17) is 22.1 Å². The van der Waals surface area contributed by atoms with Crippen LogP contribution in [0.5, 0.6) is 5.75 Å². The highest BCUT2D eigenvalue weighted by molar-refractivity contribution is 7.71. The van der Waals surface area contributed by atoms with Crippen molar-refractivity contribution >= 4 is 12.2 Å². The molecule has 29 heavy (non-hydrogen) atoms. The van der Waals surface area contributed by atoms with Crippen molar-refractivity contribution in [1.29, 1.82) is 0 Å². The van der Waals surface area contributed by atoms with Crippen molar-refractivity contribution < 1.29 is 4.74 Å². The molecule has 3 aromatic rings. The van der Waals surface area contributed by atoms with E-state index in [-0.39, 0.29) is 0 Å². The fourth-order valence-corrected chi connectivity index (χ4v) is 4.32. The minimum atomic E-state index is 0.386. The first-order chi connectivity index (χ1) is 14.1. The van der Waals surface area contributed by atoms with Gasteiger partial charge in [-0.2, -0.15) is 5.10 Å². The van der Waals surface area contributed by atoms with E-state index >= 15 is 0 Å². The number of rotatable bonds is 6. The lowest BCUT2D eigenvalue weighted by Crippen LogP contribution is -2.27. The Morgan fingerprint density at radius 3 is 2.62 bits per heavy atom. The SMILES string of the molecule is CCOc1ccc([C@@H]2CCCN2Cn2nc(-c3ccccc3C)n(C)c2=S)cc1. The Bertz CT molecular complexity index is 1040. The minimum Gasteiger partial charge on any atom is -0.494 e. The van der Waals surface area contributed by atoms with E-state index in [0.29, 0.717) is 19.3 Å². The molecule has 1 aliphatic heterocycles. The molecule has 0 aliphatic carbocycles. The molecular weight excluding hydrogens is 380 g/mol. The molecule has 1 saturated heterocycles. The maximum Gasteiger partial charge on any atom is 0.199 e. The molecule has 152 valence electrons. The molecule has 1 atom stereocenters. The summed E-state index contributed by atoms with van der Waals surface area (Å²) < 4.78 is 10.3. The Balaban J connectivity index is 1.58. The topological polar surface area (TPSA) is 35.2 Å². The van der Waals surface area contributed by atoms with Crippen molar-refractivity contribution in [3.05, 3.63) is 64.4 Å². The van der Waals surface area contributed by atoms with Gasteiger partial charge in [-0.1, -0.05) is 36.4 Å². The van der Waals surface area contributed by atoms with Crippen LogP contribution in [0.2, 0.25) is 0 Å². The number of nitrogens with zero attached hydrogens (tertiary/aromatic N) is 4. The molecule has 0 saturated carbocycles. The third-order valence-electron chi connectivity index (χ3n) is 5.68. The second-order valence-corrected chi connectivity index (χ2v) is 7.96. The van der Waals surface area contributed by atoms with Crippen LogP contribution in [0.4, 0.5) is 0 Å². The summed E-state index contributed by atoms with van der Waals surface area (Å²) in [5.74, 6) is 1.85. The van der Waals surface area contributed by atoms with Gasteiger partial charge in [0.05, 0.1) is 13.3 Å². The number of ether oxygens (including phenoxy) is 1. The summed E-state index contributed by atoms with van der Waals surface area (Å²) in [4.78, 5) is 2.47. The third-order valence-corrected chi connectivity index (χ3v) is 6.17. The van der Waals surface area contributed by atoms with Crippen molar-refractivity contribution in [2.45, 2.75) is 39.4 Å². The van der Waals surface area contributed by atoms with Crippen LogP contribution in [-0.2, 0) is 13.7 Å². The number of aryl methyl sites for hydroxylation is 1. The van der Waals surface area contributed by atoms with Crippen LogP contribution in [0, 0.1) is 11.7 Å². The van der Waals surface area contributed by atoms with Gasteiger partial charge in [0.25, 0.3) is 0 Å². The molecular formula is C23H28N4OS. The lowest BCUT2D eigenvalue weighted by molar-refractivity contribution is 0.190. The maximum atomic E-state index is 5.71. The van der Waals surface area contributed by atoms with Gasteiger partial charge in [-0.3, -0.25) is 4.90 Å². The standard InChI is InChI=1S/C23H28N4OS/c1-4-28-19-13-11-18(12-14-19)21-10-7-15-26(21)16-27-23(29)25(3)22(24-27)20-9-6-5-8-17(20)2/h5-6,8-9,11-14,21H,4,7,10,15-16H2,1-3H3/t21-/m0/s1. The molecule has 0 unspecified atom stereocenters. The molecule has 0 spiro atoms. The van der Waals surface area contributed by atoms with Gasteiger partial charge in [-0.25, -0.2) is 4.68 Å². The Morgan fingerprint density at radius 2 is 1.90 bits per heavy atom. The van der Waals surface area contributed by atoms with Crippen molar-refractivity contribution in [3.63, 3.8) is 0 Å². The van der Waals surface area contributed by atoms with Crippen LogP contribution in [0.25, 0.3) is 11.4 Å². The summed E-state index contributed by atoms with van der Waals surface area (Å²) >= 11 is 5.71. The lowest BCUT2D eigenvalue weighted by atomic mass is 10.0. The summed E-state index contributed by atoms with van der Waals surface area (Å²) in [6, 6.07) is 17.2. The van der Waals surface area contributed by atoms with E-state index in [9.17, 15) is 0 Å². The van der Waals surface area contributed by atoms with E-state index in [1.807, 2.05) is 29.3 Å². The van der Waals surface area contributed by atoms with Gasteiger partial charge in [0.15, 0.2) is 10.6 Å². The normalized spacial score (nSPS) is 17.0. The van der Waals surface area contributed by atoms with Gasteiger partial charge in [-0.15, -0.1) is 0 Å². The fraction of sp³-hybridized carbons (Fsp3) is 0.391. The molecule has 6 heteroatoms. The predicted octanol–water partition coefficient (Wildman–Crippen LogP) is 5.12. The second-order valence-electron chi connectivity index (χ2n) is 7.59. The average molecular weight is 409 g/mol. The maximum absolute atomic E-state index is 5.71. The molecule has 2 heterocycles. The van der Waals surface area contributed by atoms with Gasteiger partial charge >= 0.3 is 0 Å². The molecule has 0 bridgehead atoms. The van der Waals surface area contributed by atoms with E-state index < -0.39 is 0 Å². The van der Waals surface area contributed by atoms with Crippen LogP contribution in [0.3, 0.4) is 0 Å². The van der Waals surface area contributed by atoms with E-state index in [1.165, 1.54) is 17.5 Å². The summed E-state index contributed by atoms with van der Waals surface area (Å²) in [6.45, 7) is 6.57. The first-order valence-electron chi connectivity index (χ1n) is 10.2. The van der Waals surface area contributed by atoms with E-state index in [0.717, 1.165) is 34.9 Å². The van der Waals surface area contributed by atoms with Crippen LogP contribution in [0.1, 0.15) is 36.9 Å². The van der Waals surface area contributed by atoms with Crippen molar-refractivity contribution in [2.75, 3.05) is 13.2 Å². The number of hydrogen-bond acceptors (Lipinski definition) is 4. The molecule has 0 amide bonds. The van der Waals surface area contributed by atoms with Crippen molar-refractivity contribution in [3.8, 4) is 17.1 Å². The highest BCUT2D eigenvalue weighted by Crippen LogP contribution is 2.33. The molecule has 1 fully saturated rings. The first kappa shape index (κ1) is 19.9. The average Bonchev–Trinajstić information content (AvgIpc) is 3.30. The number of likely N-dealkylation sites (tertiary alicyclic amines) is 1. The van der Waals surface area contributed by atoms with Gasteiger partial charge < -0.3 is 9.30 Å². The summed E-state index contributed by atoms with van der Waals surface area (Å²) in [5.41, 5.74) is 3.66. The Morgan fingerprint density at radius 1 is 1.14 bits per heavy atom. The molecule has 0 N–H and O–H groups in total. The Hall–Kier alpha value is -2.44.